The fourth-order valence-electron chi connectivity index (χ4n) is 5.28. The summed E-state index contributed by atoms with van der Waals surface area (Å²) < 4.78 is 34.4. The standard InChI is InChI=1S/C31H38N6O4S/c1-31(2,3)41-30(38)37-36-28-25-12-6-7-13-26(25)34-29(35-28)32-19-21-15-17-22(18-16-21)20-33-42(39,40)27-14-8-10-23-9-4-5-11-24(23)27/h4-14,21-22,33H,15-20H2,1-3H3,(H,37,38)(H2,32,34,35,36)/t21-,22-. The highest BCUT2D eigenvalue weighted by atomic mass is 32.2. The summed E-state index contributed by atoms with van der Waals surface area (Å²) in [6.45, 7) is 6.53. The van der Waals surface area contributed by atoms with Crippen LogP contribution >= 0.6 is 0 Å². The second kappa shape index (κ2) is 12.5. The van der Waals surface area contributed by atoms with Crippen LogP contribution in [0.1, 0.15) is 46.5 Å². The van der Waals surface area contributed by atoms with E-state index in [4.69, 9.17) is 4.74 Å². The Morgan fingerprint density at radius 3 is 2.24 bits per heavy atom. The quantitative estimate of drug-likeness (QED) is 0.179. The number of nitrogens with zero attached hydrogens (tertiary/aromatic N) is 2. The molecule has 1 saturated carbocycles. The molecule has 0 atom stereocenters. The number of sulfonamides is 1. The molecule has 1 aliphatic rings. The van der Waals surface area contributed by atoms with Crippen molar-refractivity contribution in [1.29, 1.82) is 0 Å². The molecule has 4 aromatic rings. The summed E-state index contributed by atoms with van der Waals surface area (Å²) in [5.74, 6) is 1.64. The van der Waals surface area contributed by atoms with Crippen molar-refractivity contribution < 1.29 is 17.9 Å². The zero-order valence-electron chi connectivity index (χ0n) is 24.2. The molecule has 11 heteroatoms. The lowest BCUT2D eigenvalue weighted by Crippen LogP contribution is -2.36. The summed E-state index contributed by atoms with van der Waals surface area (Å²) in [4.78, 5) is 21.7. The number of benzene rings is 3. The van der Waals surface area contributed by atoms with E-state index in [9.17, 15) is 13.2 Å². The lowest BCUT2D eigenvalue weighted by Gasteiger charge is -2.28. The van der Waals surface area contributed by atoms with E-state index in [0.717, 1.165) is 47.4 Å². The van der Waals surface area contributed by atoms with Crippen LogP contribution in [0.5, 0.6) is 0 Å². The van der Waals surface area contributed by atoms with Crippen LogP contribution in [0.4, 0.5) is 16.6 Å². The first-order valence-electron chi connectivity index (χ1n) is 14.3. The second-order valence-electron chi connectivity index (χ2n) is 11.8. The highest BCUT2D eigenvalue weighted by molar-refractivity contribution is 7.89. The summed E-state index contributed by atoms with van der Waals surface area (Å²) in [5.41, 5.74) is 5.54. The zero-order chi connectivity index (χ0) is 29.7. The third-order valence-corrected chi connectivity index (χ3v) is 8.88. The molecule has 1 heterocycles. The van der Waals surface area contributed by atoms with Gasteiger partial charge in [0, 0.05) is 23.9 Å². The molecule has 0 radical (unpaired) electrons. The number of hydrogen-bond donors (Lipinski definition) is 4. The molecule has 10 nitrogen and oxygen atoms in total. The van der Waals surface area contributed by atoms with E-state index >= 15 is 0 Å². The molecule has 0 unspecified atom stereocenters. The lowest BCUT2D eigenvalue weighted by atomic mass is 9.82. The van der Waals surface area contributed by atoms with Gasteiger partial charge in [-0.3, -0.25) is 5.43 Å². The third-order valence-electron chi connectivity index (χ3n) is 7.40. The number of carbonyl (C=O) groups excluding carboxylic acids is 1. The molecule has 5 rings (SSSR count). The van der Waals surface area contributed by atoms with E-state index in [0.29, 0.717) is 35.7 Å². The molecule has 0 spiro atoms. The van der Waals surface area contributed by atoms with Crippen LogP contribution in [0.2, 0.25) is 0 Å². The van der Waals surface area contributed by atoms with Gasteiger partial charge in [-0.1, -0.05) is 48.5 Å². The average Bonchev–Trinajstić information content (AvgIpc) is 2.97. The number of rotatable bonds is 9. The number of fused-ring (bicyclic) bond motifs is 2. The Morgan fingerprint density at radius 2 is 1.50 bits per heavy atom. The van der Waals surface area contributed by atoms with Crippen molar-refractivity contribution in [3.05, 3.63) is 66.7 Å². The first-order valence-corrected chi connectivity index (χ1v) is 15.8. The molecular formula is C31H38N6O4S. The summed E-state index contributed by atoms with van der Waals surface area (Å²) >= 11 is 0. The average molecular weight is 591 g/mol. The van der Waals surface area contributed by atoms with Gasteiger partial charge in [0.05, 0.1) is 10.4 Å². The van der Waals surface area contributed by atoms with E-state index in [2.05, 4.69) is 30.9 Å². The summed E-state index contributed by atoms with van der Waals surface area (Å²) in [6.07, 6.45) is 3.24. The third kappa shape index (κ3) is 7.46. The van der Waals surface area contributed by atoms with Crippen molar-refractivity contribution >= 4 is 49.6 Å². The van der Waals surface area contributed by atoms with Crippen LogP contribution in [-0.4, -0.2) is 43.2 Å². The van der Waals surface area contributed by atoms with Crippen molar-refractivity contribution in [1.82, 2.24) is 20.1 Å². The van der Waals surface area contributed by atoms with Gasteiger partial charge in [-0.25, -0.2) is 28.3 Å². The molecule has 1 fully saturated rings. The molecule has 4 N–H and O–H groups in total. The van der Waals surface area contributed by atoms with Crippen LogP contribution < -0.4 is 20.9 Å². The number of amides is 1. The number of nitrogens with one attached hydrogen (secondary N) is 4. The van der Waals surface area contributed by atoms with Crippen LogP contribution in [0, 0.1) is 11.8 Å². The smallest absolute Gasteiger partial charge is 0.426 e. The maximum Gasteiger partial charge on any atom is 0.426 e. The Hall–Kier alpha value is -3.96. The minimum Gasteiger partial charge on any atom is -0.443 e. The number of hydrogen-bond acceptors (Lipinski definition) is 8. The van der Waals surface area contributed by atoms with Crippen molar-refractivity contribution in [2.24, 2.45) is 11.8 Å². The molecule has 1 aromatic heterocycles. The second-order valence-corrected chi connectivity index (χ2v) is 13.5. The minimum absolute atomic E-state index is 0.289. The number of anilines is 2. The Balaban J connectivity index is 1.14. The highest BCUT2D eigenvalue weighted by Gasteiger charge is 2.24. The molecule has 42 heavy (non-hydrogen) atoms. The number of carbonyl (C=O) groups is 1. The predicted octanol–water partition coefficient (Wildman–Crippen LogP) is 5.83. The fourth-order valence-corrected chi connectivity index (χ4v) is 6.62. The van der Waals surface area contributed by atoms with E-state index in [1.807, 2.05) is 54.6 Å². The van der Waals surface area contributed by atoms with Gasteiger partial charge >= 0.3 is 6.09 Å². The summed E-state index contributed by atoms with van der Waals surface area (Å²) in [6, 6.07) is 20.5. The summed E-state index contributed by atoms with van der Waals surface area (Å²) in [7, 11) is -3.61. The highest BCUT2D eigenvalue weighted by Crippen LogP contribution is 2.30. The molecule has 1 amide bonds. The van der Waals surface area contributed by atoms with Crippen LogP contribution in [0.15, 0.2) is 71.6 Å². The van der Waals surface area contributed by atoms with E-state index in [1.54, 1.807) is 32.9 Å². The number of ether oxygens (including phenoxy) is 1. The molecule has 1 aliphatic carbocycles. The van der Waals surface area contributed by atoms with Gasteiger partial charge in [0.2, 0.25) is 16.0 Å². The van der Waals surface area contributed by atoms with Crippen molar-refractivity contribution in [3.8, 4) is 0 Å². The first-order chi connectivity index (χ1) is 20.1. The van der Waals surface area contributed by atoms with Gasteiger partial charge in [-0.15, -0.1) is 0 Å². The predicted molar refractivity (Wildman–Crippen MR) is 166 cm³/mol. The number of para-hydroxylation sites is 1. The van der Waals surface area contributed by atoms with Crippen molar-refractivity contribution in [2.45, 2.75) is 57.0 Å². The Labute approximate surface area is 246 Å². The molecule has 0 aliphatic heterocycles. The van der Waals surface area contributed by atoms with Gasteiger partial charge in [0.15, 0.2) is 5.82 Å². The SMILES string of the molecule is CC(C)(C)OC(=O)NNc1nc(NC[C@H]2CC[C@H](CNS(=O)(=O)c3cccc4ccccc34)CC2)nc2ccccc12. The van der Waals surface area contributed by atoms with Crippen LogP contribution in [-0.2, 0) is 14.8 Å². The Bertz CT molecular complexity index is 1660. The van der Waals surface area contributed by atoms with Crippen LogP contribution in [0.25, 0.3) is 21.7 Å². The normalized spacial score (nSPS) is 17.6. The Morgan fingerprint density at radius 1 is 0.857 bits per heavy atom. The van der Waals surface area contributed by atoms with Gasteiger partial charge in [-0.05, 0) is 81.9 Å². The number of aromatic nitrogens is 2. The molecule has 222 valence electrons. The summed E-state index contributed by atoms with van der Waals surface area (Å²) in [5, 5.41) is 5.78. The van der Waals surface area contributed by atoms with E-state index in [-0.39, 0.29) is 5.92 Å². The van der Waals surface area contributed by atoms with Crippen molar-refractivity contribution in [2.75, 3.05) is 23.8 Å². The monoisotopic (exact) mass is 590 g/mol. The molecule has 3 aromatic carbocycles. The van der Waals surface area contributed by atoms with Gasteiger partial charge in [-0.2, -0.15) is 4.98 Å². The maximum atomic E-state index is 13.1. The van der Waals surface area contributed by atoms with E-state index < -0.39 is 21.7 Å². The topological polar surface area (TPSA) is 134 Å². The van der Waals surface area contributed by atoms with Gasteiger partial charge in [0.25, 0.3) is 0 Å². The minimum atomic E-state index is -3.61. The van der Waals surface area contributed by atoms with Crippen LogP contribution in [0.3, 0.4) is 0 Å². The zero-order valence-corrected chi connectivity index (χ0v) is 25.0. The fraction of sp³-hybridized carbons (Fsp3) is 0.387. The number of hydrazine groups is 1. The maximum absolute atomic E-state index is 13.1. The Kier molecular flexibility index (Phi) is 8.79. The molecule has 0 saturated heterocycles. The van der Waals surface area contributed by atoms with Crippen molar-refractivity contribution in [3.63, 3.8) is 0 Å². The van der Waals surface area contributed by atoms with Gasteiger partial charge < -0.3 is 10.1 Å². The van der Waals surface area contributed by atoms with Gasteiger partial charge in [0.1, 0.15) is 5.60 Å². The first kappa shape index (κ1) is 29.5. The molecular weight excluding hydrogens is 552 g/mol. The molecule has 0 bridgehead atoms. The lowest BCUT2D eigenvalue weighted by molar-refractivity contribution is 0.0541. The van der Waals surface area contributed by atoms with E-state index in [1.165, 1.54) is 0 Å². The largest absolute Gasteiger partial charge is 0.443 e.